The number of para-hydroxylation sites is 1. The molecular formula is C18H21N5O8S. The van der Waals surface area contributed by atoms with E-state index in [4.69, 9.17) is 14.7 Å². The number of rotatable bonds is 6. The minimum absolute atomic E-state index is 0.268. The number of phenols is 1. The summed E-state index contributed by atoms with van der Waals surface area (Å²) in [5, 5.41) is 30.4. The molecule has 1 fully saturated rings. The molecule has 1 amide bonds. The number of imidazole rings is 1. The fraction of sp³-hybridized carbons (Fsp3) is 0.389. The van der Waals surface area contributed by atoms with E-state index in [1.807, 2.05) is 0 Å². The van der Waals surface area contributed by atoms with Crippen LogP contribution >= 0.6 is 0 Å². The monoisotopic (exact) mass is 480 g/mol. The lowest BCUT2D eigenvalue weighted by Gasteiger charge is -2.19. The van der Waals surface area contributed by atoms with Crippen molar-refractivity contribution >= 4 is 28.2 Å². The first-order valence-electron chi connectivity index (χ1n) is 9.54. The lowest BCUT2D eigenvalue weighted by atomic mass is 10.2. The molecule has 0 aliphatic carbocycles. The van der Waals surface area contributed by atoms with E-state index in [1.165, 1.54) is 35.2 Å². The third kappa shape index (κ3) is 4.23. The van der Waals surface area contributed by atoms with E-state index in [0.29, 0.717) is 17.9 Å². The second-order valence-electron chi connectivity index (χ2n) is 7.25. The molecule has 1 aromatic carbocycles. The summed E-state index contributed by atoms with van der Waals surface area (Å²) in [6.07, 6.45) is -1.83. The molecule has 2 aliphatic heterocycles. The van der Waals surface area contributed by atoms with Crippen molar-refractivity contribution in [3.8, 4) is 5.75 Å². The topological polar surface area (TPSA) is 199 Å². The number of aromatic hydroxyl groups is 1. The Kier molecular flexibility index (Phi) is 5.98. The molecule has 6 N–H and O–H groups in total. The summed E-state index contributed by atoms with van der Waals surface area (Å²) in [5.74, 6) is -1.15. The molecule has 0 radical (unpaired) electrons. The number of aliphatic hydroxyl groups excluding tert-OH is 2. The van der Waals surface area contributed by atoms with Gasteiger partial charge in [-0.2, -0.15) is 8.42 Å². The number of phenolic OH excluding ortho intramolecular Hbond substituents is 1. The van der Waals surface area contributed by atoms with Gasteiger partial charge in [0, 0.05) is 12.6 Å². The zero-order valence-electron chi connectivity index (χ0n) is 16.5. The van der Waals surface area contributed by atoms with E-state index in [2.05, 4.69) is 9.98 Å². The van der Waals surface area contributed by atoms with Gasteiger partial charge in [-0.3, -0.25) is 13.5 Å². The maximum Gasteiger partial charge on any atom is 0.362 e. The first kappa shape index (κ1) is 22.3. The predicted molar refractivity (Wildman–Crippen MR) is 108 cm³/mol. The van der Waals surface area contributed by atoms with Crippen molar-refractivity contribution in [3.63, 3.8) is 0 Å². The molecule has 0 bridgehead atoms. The lowest BCUT2D eigenvalue weighted by Crippen LogP contribution is -2.37. The average molecular weight is 480 g/mol. The van der Waals surface area contributed by atoms with Gasteiger partial charge < -0.3 is 25.8 Å². The molecule has 14 heteroatoms. The van der Waals surface area contributed by atoms with Crippen molar-refractivity contribution < 1.29 is 37.5 Å². The van der Waals surface area contributed by atoms with Crippen molar-refractivity contribution in [2.75, 3.05) is 6.61 Å². The molecule has 1 saturated heterocycles. The zero-order valence-corrected chi connectivity index (χ0v) is 17.3. The fourth-order valence-electron chi connectivity index (χ4n) is 3.43. The van der Waals surface area contributed by atoms with E-state index >= 15 is 0 Å². The lowest BCUT2D eigenvalue weighted by molar-refractivity contribution is -0.0478. The van der Waals surface area contributed by atoms with Crippen molar-refractivity contribution in [1.82, 2.24) is 14.3 Å². The number of benzene rings is 1. The number of nitrogens with two attached hydrogens (primary N) is 1. The average Bonchev–Trinajstić information content (AvgIpc) is 3.29. The smallest absolute Gasteiger partial charge is 0.362 e. The van der Waals surface area contributed by atoms with Crippen LogP contribution in [0, 0.1) is 0 Å². The number of aliphatic imine (C=N–C) groups is 1. The van der Waals surface area contributed by atoms with E-state index in [0.717, 1.165) is 0 Å². The third-order valence-electron chi connectivity index (χ3n) is 5.08. The Morgan fingerprint density at radius 3 is 2.81 bits per heavy atom. The molecule has 0 saturated carbocycles. The van der Waals surface area contributed by atoms with Gasteiger partial charge in [0.15, 0.2) is 12.0 Å². The van der Waals surface area contributed by atoms with Crippen molar-refractivity contribution in [3.05, 3.63) is 41.9 Å². The third-order valence-corrected chi connectivity index (χ3v) is 5.97. The Hall–Kier alpha value is -2.88. The number of hydrogen-bond donors (Lipinski definition) is 5. The molecule has 3 heterocycles. The fourth-order valence-corrected chi connectivity index (χ4v) is 4.14. The molecule has 5 atom stereocenters. The number of carbonyl (C=O) groups excluding carboxylic acids is 1. The summed E-state index contributed by atoms with van der Waals surface area (Å²) >= 11 is 0. The molecule has 2 aliphatic rings. The Morgan fingerprint density at radius 2 is 2.06 bits per heavy atom. The van der Waals surface area contributed by atoms with Gasteiger partial charge in [-0.05, 0) is 12.1 Å². The van der Waals surface area contributed by atoms with Gasteiger partial charge in [-0.25, -0.2) is 14.7 Å². The van der Waals surface area contributed by atoms with Crippen molar-refractivity contribution in [1.29, 1.82) is 0 Å². The van der Waals surface area contributed by atoms with Crippen LogP contribution in [-0.4, -0.2) is 70.3 Å². The summed E-state index contributed by atoms with van der Waals surface area (Å²) in [6.45, 7) is -0.697. The molecule has 32 heavy (non-hydrogen) atoms. The number of hydrogen-bond acceptors (Lipinski definition) is 11. The number of amides is 1. The zero-order chi connectivity index (χ0) is 23.0. The first-order chi connectivity index (χ1) is 15.2. The summed E-state index contributed by atoms with van der Waals surface area (Å²) in [6, 6.07) is 4.99. The Balaban J connectivity index is 1.42. The highest BCUT2D eigenvalue weighted by atomic mass is 32.2. The molecule has 2 aromatic rings. The van der Waals surface area contributed by atoms with Crippen LogP contribution in [-0.2, 0) is 19.2 Å². The van der Waals surface area contributed by atoms with Crippen LogP contribution in [0.1, 0.15) is 34.7 Å². The first-order valence-corrected chi connectivity index (χ1v) is 10.9. The van der Waals surface area contributed by atoms with Gasteiger partial charge >= 0.3 is 10.3 Å². The number of nitrogens with zero attached hydrogens (tertiary/aromatic N) is 3. The molecular weight excluding hydrogens is 459 g/mol. The quantitative estimate of drug-likeness (QED) is 0.253. The maximum atomic E-state index is 12.1. The van der Waals surface area contributed by atoms with Crippen LogP contribution in [0.3, 0.4) is 0 Å². The molecule has 4 rings (SSSR count). The highest BCUT2D eigenvalue weighted by Crippen LogP contribution is 2.37. The normalized spacial score (nSPS) is 27.3. The number of aliphatic hydroxyl groups is 2. The van der Waals surface area contributed by atoms with Gasteiger partial charge in [0.05, 0.1) is 24.5 Å². The SMILES string of the molecule is [15NH2][13CH]1C[13CH]=[15N][13c]2c1[15n][13cH][15n]2[13C@@H]1O[13CH]([13CH2]OS(=O)(=O)NC(=O)c2ccccc2O)[13C@@H](O)[13C@H]1O. The van der Waals surface area contributed by atoms with Crippen molar-refractivity contribution in [2.24, 2.45) is 10.7 Å². The van der Waals surface area contributed by atoms with Gasteiger partial charge in [0.2, 0.25) is 0 Å². The second kappa shape index (κ2) is 8.57. The largest absolute Gasteiger partial charge is 0.507 e. The molecule has 172 valence electrons. The molecule has 1 aromatic heterocycles. The van der Waals surface area contributed by atoms with Crippen LogP contribution < -0.4 is 10.5 Å². The van der Waals surface area contributed by atoms with Crippen LogP contribution in [0.2, 0.25) is 0 Å². The Bertz CT molecular complexity index is 1150. The van der Waals surface area contributed by atoms with Gasteiger partial charge in [0.25, 0.3) is 5.91 Å². The van der Waals surface area contributed by atoms with E-state index in [1.54, 1.807) is 10.9 Å². The minimum Gasteiger partial charge on any atom is -0.507 e. The second-order valence-corrected chi connectivity index (χ2v) is 8.60. The van der Waals surface area contributed by atoms with Crippen LogP contribution in [0.15, 0.2) is 35.6 Å². The summed E-state index contributed by atoms with van der Waals surface area (Å²) in [5.41, 5.74) is 6.22. The summed E-state index contributed by atoms with van der Waals surface area (Å²) in [4.78, 5) is 20.5. The van der Waals surface area contributed by atoms with E-state index in [-0.39, 0.29) is 11.6 Å². The predicted octanol–water partition coefficient (Wildman–Crippen LogP) is -0.995. The highest BCUT2D eigenvalue weighted by Gasteiger charge is 2.45. The Labute approximate surface area is 182 Å². The van der Waals surface area contributed by atoms with Gasteiger partial charge in [-0.1, -0.05) is 12.1 Å². The van der Waals surface area contributed by atoms with E-state index < -0.39 is 53.1 Å². The Morgan fingerprint density at radius 1 is 1.31 bits per heavy atom. The summed E-state index contributed by atoms with van der Waals surface area (Å²) < 4.78 is 37.6. The van der Waals surface area contributed by atoms with Crippen LogP contribution in [0.4, 0.5) is 5.82 Å². The highest BCUT2D eigenvalue weighted by molar-refractivity contribution is 7.85. The number of ether oxygens (including phenoxy) is 1. The molecule has 13 nitrogen and oxygen atoms in total. The molecule has 0 spiro atoms. The standard InChI is InChI=1S/C18H21N5O8S/c19-10-5-6-20-16-13(10)21-8-23(16)18-15(26)14(25)12(31-18)7-30-32(28,29)22-17(27)9-3-1-2-4-11(9)24/h1-4,6,8,10,12,14-15,18,24-26H,5,7,19H2,(H,22,27)/t10?,12?,14-,15-,18-/m1/s1/i6+1,7+1,8+1,10+1,12+1,14+1,15+1,16+1,18+1,19+1,20+1,21+1,23+1. The maximum absolute atomic E-state index is 12.1. The van der Waals surface area contributed by atoms with Gasteiger partial charge in [0.1, 0.15) is 29.8 Å². The van der Waals surface area contributed by atoms with E-state index in [9.17, 15) is 28.5 Å². The number of carbonyl (C=O) groups is 1. The number of fused-ring (bicyclic) bond motifs is 1. The molecule has 2 unspecified atom stereocenters. The van der Waals surface area contributed by atoms with Crippen molar-refractivity contribution in [2.45, 2.75) is 37.0 Å². The number of aromatic nitrogens is 2. The van der Waals surface area contributed by atoms with Crippen LogP contribution in [0.25, 0.3) is 0 Å². The summed E-state index contributed by atoms with van der Waals surface area (Å²) in [7, 11) is -4.61. The minimum atomic E-state index is -4.61. The number of nitrogens with one attached hydrogen (secondary N) is 1. The van der Waals surface area contributed by atoms with Crippen LogP contribution in [0.5, 0.6) is 5.75 Å². The van der Waals surface area contributed by atoms with Gasteiger partial charge in [-0.15, -0.1) is 0 Å².